The van der Waals surface area contributed by atoms with Crippen LogP contribution in [0.2, 0.25) is 0 Å². The quantitative estimate of drug-likeness (QED) is 0.821. The highest BCUT2D eigenvalue weighted by atomic mass is 16.4. The maximum atomic E-state index is 11.3. The number of aromatic nitrogens is 2. The number of carboxylic acids is 1. The molecule has 0 aliphatic carbocycles. The number of carbonyl (C=O) groups excluding carboxylic acids is 1. The van der Waals surface area contributed by atoms with E-state index >= 15 is 0 Å². The minimum absolute atomic E-state index is 0.0643. The number of nitrogens with two attached hydrogens (primary N) is 1. The number of nitrogen functional groups attached to an aromatic ring is 1. The molecule has 1 aromatic carbocycles. The number of nitrogens with zero attached hydrogens (tertiary/aromatic N) is 2. The number of hydrogen-bond donors (Lipinski definition) is 2. The van der Waals surface area contributed by atoms with Gasteiger partial charge in [-0.1, -0.05) is 31.2 Å². The molecule has 0 amide bonds. The molecule has 0 saturated carbocycles. The summed E-state index contributed by atoms with van der Waals surface area (Å²) in [6.07, 6.45) is 1.52. The summed E-state index contributed by atoms with van der Waals surface area (Å²) in [6, 6.07) is 6.65. The van der Waals surface area contributed by atoms with E-state index < -0.39 is 12.0 Å². The summed E-state index contributed by atoms with van der Waals surface area (Å²) in [5, 5.41) is 13.3. The van der Waals surface area contributed by atoms with Gasteiger partial charge in [-0.15, -0.1) is 0 Å². The van der Waals surface area contributed by atoms with E-state index in [2.05, 4.69) is 5.10 Å². The van der Waals surface area contributed by atoms with Gasteiger partial charge in [-0.3, -0.25) is 4.79 Å². The summed E-state index contributed by atoms with van der Waals surface area (Å²) in [5.41, 5.74) is 8.37. The molecule has 6 nitrogen and oxygen atoms in total. The molecule has 21 heavy (non-hydrogen) atoms. The van der Waals surface area contributed by atoms with Gasteiger partial charge in [-0.05, 0) is 18.9 Å². The zero-order valence-corrected chi connectivity index (χ0v) is 11.9. The summed E-state index contributed by atoms with van der Waals surface area (Å²) < 4.78 is 1.16. The van der Waals surface area contributed by atoms with Gasteiger partial charge < -0.3 is 10.8 Å². The van der Waals surface area contributed by atoms with E-state index in [0.717, 1.165) is 22.2 Å². The lowest BCUT2D eigenvalue weighted by molar-refractivity contribution is -0.140. The Kier molecular flexibility index (Phi) is 4.07. The van der Waals surface area contributed by atoms with Crippen molar-refractivity contribution in [1.29, 1.82) is 0 Å². The molecule has 2 aromatic rings. The van der Waals surface area contributed by atoms with Crippen molar-refractivity contribution in [3.05, 3.63) is 35.4 Å². The Bertz CT molecular complexity index is 674. The third kappa shape index (κ3) is 2.65. The standard InChI is InChI=1S/C15H17N3O3/c1-3-10-4-6-11(7-5-10)13-12(8-19)14(16)18(17-13)9(2)15(20)21/h4-9H,3,16H2,1-2H3,(H,20,21). The van der Waals surface area contributed by atoms with Crippen LogP contribution in [0.25, 0.3) is 11.3 Å². The van der Waals surface area contributed by atoms with Crippen LogP contribution in [0.1, 0.15) is 35.8 Å². The summed E-state index contributed by atoms with van der Waals surface area (Å²) in [6.45, 7) is 3.51. The monoisotopic (exact) mass is 287 g/mol. The Hall–Kier alpha value is -2.63. The molecule has 2 rings (SSSR count). The lowest BCUT2D eigenvalue weighted by atomic mass is 10.1. The van der Waals surface area contributed by atoms with Crippen molar-refractivity contribution in [2.75, 3.05) is 5.73 Å². The Morgan fingerprint density at radius 3 is 2.52 bits per heavy atom. The number of carbonyl (C=O) groups is 2. The minimum atomic E-state index is -1.06. The summed E-state index contributed by atoms with van der Waals surface area (Å²) in [7, 11) is 0. The third-order valence-corrected chi connectivity index (χ3v) is 3.46. The van der Waals surface area contributed by atoms with E-state index in [9.17, 15) is 9.59 Å². The first-order chi connectivity index (χ1) is 9.99. The number of benzene rings is 1. The van der Waals surface area contributed by atoms with Crippen LogP contribution in [0, 0.1) is 0 Å². The largest absolute Gasteiger partial charge is 0.480 e. The molecular formula is C15H17N3O3. The van der Waals surface area contributed by atoms with Gasteiger partial charge in [0.1, 0.15) is 17.6 Å². The zero-order chi connectivity index (χ0) is 15.6. The average Bonchev–Trinajstić information content (AvgIpc) is 2.83. The van der Waals surface area contributed by atoms with Gasteiger partial charge in [-0.2, -0.15) is 5.10 Å². The van der Waals surface area contributed by atoms with Gasteiger partial charge in [-0.25, -0.2) is 9.48 Å². The van der Waals surface area contributed by atoms with E-state index in [-0.39, 0.29) is 11.4 Å². The third-order valence-electron chi connectivity index (χ3n) is 3.46. The second-order valence-corrected chi connectivity index (χ2v) is 4.77. The molecule has 1 heterocycles. The van der Waals surface area contributed by atoms with Gasteiger partial charge in [0.2, 0.25) is 0 Å². The normalized spacial score (nSPS) is 12.1. The fourth-order valence-electron chi connectivity index (χ4n) is 2.09. The predicted molar refractivity (Wildman–Crippen MR) is 79.2 cm³/mol. The molecule has 110 valence electrons. The van der Waals surface area contributed by atoms with Gasteiger partial charge in [0, 0.05) is 5.56 Å². The van der Waals surface area contributed by atoms with Crippen LogP contribution < -0.4 is 5.73 Å². The van der Waals surface area contributed by atoms with Crippen LogP contribution in [0.5, 0.6) is 0 Å². The maximum absolute atomic E-state index is 11.3. The smallest absolute Gasteiger partial charge is 0.328 e. The molecule has 6 heteroatoms. The number of hydrogen-bond acceptors (Lipinski definition) is 4. The fraction of sp³-hybridized carbons (Fsp3) is 0.267. The lowest BCUT2D eigenvalue weighted by Crippen LogP contribution is -2.18. The molecule has 1 unspecified atom stereocenters. The molecule has 0 aliphatic heterocycles. The minimum Gasteiger partial charge on any atom is -0.480 e. The van der Waals surface area contributed by atoms with Gasteiger partial charge in [0.05, 0.1) is 5.56 Å². The van der Waals surface area contributed by atoms with Crippen molar-refractivity contribution in [2.45, 2.75) is 26.3 Å². The molecule has 0 fully saturated rings. The van der Waals surface area contributed by atoms with Crippen molar-refractivity contribution in [1.82, 2.24) is 9.78 Å². The van der Waals surface area contributed by atoms with Crippen LogP contribution in [0.3, 0.4) is 0 Å². The molecule has 0 bridgehead atoms. The number of carboxylic acid groups (broad SMARTS) is 1. The first kappa shape index (κ1) is 14.8. The Morgan fingerprint density at radius 1 is 1.43 bits per heavy atom. The van der Waals surface area contributed by atoms with Gasteiger partial charge in [0.25, 0.3) is 0 Å². The molecule has 0 radical (unpaired) electrons. The van der Waals surface area contributed by atoms with Crippen LogP contribution in [0.4, 0.5) is 5.82 Å². The maximum Gasteiger partial charge on any atom is 0.328 e. The van der Waals surface area contributed by atoms with Crippen molar-refractivity contribution < 1.29 is 14.7 Å². The topological polar surface area (TPSA) is 98.2 Å². The molecule has 3 N–H and O–H groups in total. The Labute approximate surface area is 122 Å². The number of aldehydes is 1. The van der Waals surface area contributed by atoms with E-state index in [1.807, 2.05) is 31.2 Å². The highest BCUT2D eigenvalue weighted by molar-refractivity contribution is 5.92. The van der Waals surface area contributed by atoms with Crippen LogP contribution in [-0.4, -0.2) is 27.1 Å². The summed E-state index contributed by atoms with van der Waals surface area (Å²) in [5.74, 6) is -0.996. The Morgan fingerprint density at radius 2 is 2.05 bits per heavy atom. The van der Waals surface area contributed by atoms with E-state index in [1.165, 1.54) is 6.92 Å². The summed E-state index contributed by atoms with van der Waals surface area (Å²) in [4.78, 5) is 22.3. The highest BCUT2D eigenvalue weighted by Crippen LogP contribution is 2.28. The second-order valence-electron chi connectivity index (χ2n) is 4.77. The van der Waals surface area contributed by atoms with Crippen LogP contribution in [-0.2, 0) is 11.2 Å². The van der Waals surface area contributed by atoms with Crippen molar-refractivity contribution in [3.8, 4) is 11.3 Å². The van der Waals surface area contributed by atoms with E-state index in [0.29, 0.717) is 12.0 Å². The number of aryl methyl sites for hydroxylation is 1. The fourth-order valence-corrected chi connectivity index (χ4v) is 2.09. The second kappa shape index (κ2) is 5.78. The molecule has 1 atom stereocenters. The molecule has 0 saturated heterocycles. The van der Waals surface area contributed by atoms with Crippen LogP contribution >= 0.6 is 0 Å². The number of aliphatic carboxylic acids is 1. The molecule has 0 spiro atoms. The van der Waals surface area contributed by atoms with Gasteiger partial charge >= 0.3 is 5.97 Å². The van der Waals surface area contributed by atoms with Crippen molar-refractivity contribution in [2.24, 2.45) is 0 Å². The zero-order valence-electron chi connectivity index (χ0n) is 11.9. The number of rotatable bonds is 5. The van der Waals surface area contributed by atoms with Crippen molar-refractivity contribution >= 4 is 18.1 Å². The van der Waals surface area contributed by atoms with E-state index in [1.54, 1.807) is 0 Å². The highest BCUT2D eigenvalue weighted by Gasteiger charge is 2.23. The summed E-state index contributed by atoms with van der Waals surface area (Å²) >= 11 is 0. The predicted octanol–water partition coefficient (Wildman–Crippen LogP) is 2.15. The van der Waals surface area contributed by atoms with Gasteiger partial charge in [0.15, 0.2) is 6.29 Å². The van der Waals surface area contributed by atoms with Crippen LogP contribution in [0.15, 0.2) is 24.3 Å². The first-order valence-corrected chi connectivity index (χ1v) is 6.64. The first-order valence-electron chi connectivity index (χ1n) is 6.64. The van der Waals surface area contributed by atoms with Crippen molar-refractivity contribution in [3.63, 3.8) is 0 Å². The molecule has 1 aromatic heterocycles. The number of anilines is 1. The SMILES string of the molecule is CCc1ccc(-c2nn(C(C)C(=O)O)c(N)c2C=O)cc1. The average molecular weight is 287 g/mol. The lowest BCUT2D eigenvalue weighted by Gasteiger charge is -2.08. The molecule has 0 aliphatic rings. The molecular weight excluding hydrogens is 270 g/mol. The van der Waals surface area contributed by atoms with E-state index in [4.69, 9.17) is 10.8 Å². The Balaban J connectivity index is 2.54.